The van der Waals surface area contributed by atoms with Gasteiger partial charge in [0, 0.05) is 30.6 Å². The van der Waals surface area contributed by atoms with E-state index < -0.39 is 0 Å². The number of amides is 1. The van der Waals surface area contributed by atoms with E-state index in [1.807, 2.05) is 49.1 Å². The molecule has 1 saturated carbocycles. The molecule has 220 valence electrons. The number of para-hydroxylation sites is 2. The summed E-state index contributed by atoms with van der Waals surface area (Å²) in [5, 5.41) is 9.93. The Morgan fingerprint density at radius 1 is 0.976 bits per heavy atom. The van der Waals surface area contributed by atoms with E-state index in [1.165, 1.54) is 30.6 Å². The van der Waals surface area contributed by atoms with E-state index in [-0.39, 0.29) is 11.7 Å². The maximum atomic E-state index is 13.4. The predicted molar refractivity (Wildman–Crippen MR) is 173 cm³/mol. The van der Waals surface area contributed by atoms with Gasteiger partial charge in [-0.15, -0.1) is 0 Å². The summed E-state index contributed by atoms with van der Waals surface area (Å²) in [5.41, 5.74) is 7.20. The molecule has 1 N–H and O–H groups in total. The van der Waals surface area contributed by atoms with Gasteiger partial charge in [0.25, 0.3) is 5.91 Å². The summed E-state index contributed by atoms with van der Waals surface area (Å²) in [6.07, 6.45) is 7.72. The van der Waals surface area contributed by atoms with E-state index >= 15 is 0 Å². The highest BCUT2D eigenvalue weighted by atomic mass is 16.3. The maximum Gasteiger partial charge on any atom is 0.253 e. The molecular weight excluding hydrogens is 518 g/mol. The summed E-state index contributed by atoms with van der Waals surface area (Å²) < 4.78 is 2.48. The summed E-state index contributed by atoms with van der Waals surface area (Å²) in [6, 6.07) is 22.3. The topological polar surface area (TPSA) is 58.4 Å². The number of rotatable bonds is 6. The summed E-state index contributed by atoms with van der Waals surface area (Å²) in [7, 11) is 0. The van der Waals surface area contributed by atoms with Crippen molar-refractivity contribution in [3.05, 3.63) is 101 Å². The molecule has 6 rings (SSSR count). The lowest BCUT2D eigenvalue weighted by Crippen LogP contribution is -2.38. The standard InChI is InChI=1S/C32H33N3O2.C5H12/c1-3-27(23-7-6-8-26(36)20-23)28-14-11-24(19-21(28)2)32(37)34-17-15-22(16-18-34)31-33-29-9-4-5-10-30(29)35(31)25-12-13-25;1-4-5(2)3/h3-11,14,19-20,22,25,36H,12-13,15-18H2,1-2H3;5H,4H2,1-3H3/b27-3-;. The molecule has 1 aliphatic carbocycles. The minimum atomic E-state index is 0.100. The van der Waals surface area contributed by atoms with Crippen molar-refractivity contribution in [3.63, 3.8) is 0 Å². The molecule has 0 radical (unpaired) electrons. The maximum absolute atomic E-state index is 13.4. The molecule has 1 aliphatic heterocycles. The van der Waals surface area contributed by atoms with Crippen LogP contribution in [0.5, 0.6) is 5.75 Å². The van der Waals surface area contributed by atoms with Crippen molar-refractivity contribution in [2.75, 3.05) is 13.1 Å². The Bertz CT molecular complexity index is 1570. The molecule has 2 fully saturated rings. The van der Waals surface area contributed by atoms with Gasteiger partial charge >= 0.3 is 0 Å². The Morgan fingerprint density at radius 2 is 1.69 bits per heavy atom. The monoisotopic (exact) mass is 563 g/mol. The van der Waals surface area contributed by atoms with Gasteiger partial charge in [-0.1, -0.05) is 63.6 Å². The number of carbonyl (C=O) groups excluding carboxylic acids is 1. The zero-order chi connectivity index (χ0) is 29.8. The fourth-order valence-electron chi connectivity index (χ4n) is 5.84. The molecule has 1 aromatic heterocycles. The van der Waals surface area contributed by atoms with Gasteiger partial charge in [0.1, 0.15) is 11.6 Å². The van der Waals surface area contributed by atoms with E-state index in [0.717, 1.165) is 65.2 Å². The molecule has 42 heavy (non-hydrogen) atoms. The molecule has 1 saturated heterocycles. The van der Waals surface area contributed by atoms with Crippen molar-refractivity contribution in [2.24, 2.45) is 5.92 Å². The number of allylic oxidation sites excluding steroid dienone is 1. The van der Waals surface area contributed by atoms with Gasteiger partial charge in [0.15, 0.2) is 0 Å². The molecule has 2 heterocycles. The number of aromatic hydroxyl groups is 1. The number of fused-ring (bicyclic) bond motifs is 1. The van der Waals surface area contributed by atoms with E-state index in [1.54, 1.807) is 12.1 Å². The second-order valence-corrected chi connectivity index (χ2v) is 12.2. The van der Waals surface area contributed by atoms with Crippen LogP contribution in [0.2, 0.25) is 0 Å². The lowest BCUT2D eigenvalue weighted by molar-refractivity contribution is 0.0710. The first kappa shape index (κ1) is 29.6. The molecule has 3 aromatic carbocycles. The smallest absolute Gasteiger partial charge is 0.253 e. The molecule has 5 heteroatoms. The van der Waals surface area contributed by atoms with Crippen LogP contribution in [0.4, 0.5) is 0 Å². The van der Waals surface area contributed by atoms with Gasteiger partial charge in [0.05, 0.1) is 11.0 Å². The van der Waals surface area contributed by atoms with Crippen molar-refractivity contribution < 1.29 is 9.90 Å². The molecule has 0 unspecified atom stereocenters. The first-order valence-electron chi connectivity index (χ1n) is 15.6. The molecule has 2 aliphatic rings. The number of likely N-dealkylation sites (tertiary alicyclic amines) is 1. The van der Waals surface area contributed by atoms with Crippen molar-refractivity contribution in [1.82, 2.24) is 14.5 Å². The highest BCUT2D eigenvalue weighted by molar-refractivity contribution is 5.95. The Labute approximate surface area is 250 Å². The fraction of sp³-hybridized carbons (Fsp3) is 0.405. The number of aromatic nitrogens is 2. The van der Waals surface area contributed by atoms with Gasteiger partial charge in [-0.05, 0) is 104 Å². The van der Waals surface area contributed by atoms with Crippen LogP contribution in [0.25, 0.3) is 16.6 Å². The van der Waals surface area contributed by atoms with Crippen molar-refractivity contribution in [2.45, 2.75) is 78.7 Å². The largest absolute Gasteiger partial charge is 0.508 e. The van der Waals surface area contributed by atoms with E-state index in [9.17, 15) is 9.90 Å². The molecule has 0 bridgehead atoms. The Hall–Kier alpha value is -3.86. The SMILES string of the molecule is C/C=C(/c1cccc(O)c1)c1ccc(C(=O)N2CCC(c3nc4ccccc4n3C3CC3)CC2)cc1C.CCC(C)C. The Balaban J connectivity index is 0.000000652. The van der Waals surface area contributed by atoms with Crippen LogP contribution in [-0.4, -0.2) is 38.6 Å². The Morgan fingerprint density at radius 3 is 2.31 bits per heavy atom. The molecule has 1 amide bonds. The lowest BCUT2D eigenvalue weighted by atomic mass is 9.92. The number of imidazole rings is 1. The summed E-state index contributed by atoms with van der Waals surface area (Å²) in [6.45, 7) is 12.2. The lowest BCUT2D eigenvalue weighted by Gasteiger charge is -2.32. The molecular formula is C37H45N3O2. The van der Waals surface area contributed by atoms with Gasteiger partial charge in [-0.3, -0.25) is 4.79 Å². The highest BCUT2D eigenvalue weighted by Gasteiger charge is 2.33. The molecule has 0 atom stereocenters. The van der Waals surface area contributed by atoms with E-state index in [0.29, 0.717) is 12.0 Å². The van der Waals surface area contributed by atoms with Gasteiger partial charge in [0.2, 0.25) is 0 Å². The number of piperidine rings is 1. The third-order valence-corrected chi connectivity index (χ3v) is 8.71. The van der Waals surface area contributed by atoms with Crippen LogP contribution in [0.1, 0.15) is 105 Å². The van der Waals surface area contributed by atoms with Crippen molar-refractivity contribution in [1.29, 1.82) is 0 Å². The number of hydrogen-bond donors (Lipinski definition) is 1. The van der Waals surface area contributed by atoms with Crippen LogP contribution >= 0.6 is 0 Å². The Kier molecular flexibility index (Phi) is 9.15. The number of phenolic OH excluding ortho intramolecular Hbond substituents is 1. The molecule has 0 spiro atoms. The summed E-state index contributed by atoms with van der Waals surface area (Å²) >= 11 is 0. The second-order valence-electron chi connectivity index (χ2n) is 12.2. The van der Waals surface area contributed by atoms with E-state index in [2.05, 4.69) is 55.7 Å². The van der Waals surface area contributed by atoms with Crippen LogP contribution in [0, 0.1) is 12.8 Å². The summed E-state index contributed by atoms with van der Waals surface area (Å²) in [4.78, 5) is 20.5. The minimum absolute atomic E-state index is 0.100. The van der Waals surface area contributed by atoms with Gasteiger partial charge < -0.3 is 14.6 Å². The van der Waals surface area contributed by atoms with Crippen molar-refractivity contribution >= 4 is 22.5 Å². The third kappa shape index (κ3) is 6.46. The quantitative estimate of drug-likeness (QED) is 0.255. The average molecular weight is 564 g/mol. The van der Waals surface area contributed by atoms with Crippen LogP contribution < -0.4 is 0 Å². The van der Waals surface area contributed by atoms with Crippen LogP contribution in [0.15, 0.2) is 72.8 Å². The third-order valence-electron chi connectivity index (χ3n) is 8.71. The summed E-state index contributed by atoms with van der Waals surface area (Å²) in [5.74, 6) is 2.83. The normalized spacial score (nSPS) is 16.0. The molecule has 5 nitrogen and oxygen atoms in total. The van der Waals surface area contributed by atoms with E-state index in [4.69, 9.17) is 4.98 Å². The number of carbonyl (C=O) groups is 1. The number of benzene rings is 3. The van der Waals surface area contributed by atoms with Crippen LogP contribution in [0.3, 0.4) is 0 Å². The average Bonchev–Trinajstić information content (AvgIpc) is 3.77. The fourth-order valence-corrected chi connectivity index (χ4v) is 5.84. The zero-order valence-corrected chi connectivity index (χ0v) is 25.8. The highest BCUT2D eigenvalue weighted by Crippen LogP contribution is 2.42. The number of nitrogens with zero attached hydrogens (tertiary/aromatic N) is 3. The van der Waals surface area contributed by atoms with Crippen LogP contribution in [-0.2, 0) is 0 Å². The number of aryl methyl sites for hydroxylation is 1. The van der Waals surface area contributed by atoms with Gasteiger partial charge in [-0.2, -0.15) is 0 Å². The predicted octanol–water partition coefficient (Wildman–Crippen LogP) is 8.91. The second kappa shape index (κ2) is 13.0. The first-order chi connectivity index (χ1) is 20.3. The van der Waals surface area contributed by atoms with Crippen molar-refractivity contribution in [3.8, 4) is 5.75 Å². The first-order valence-corrected chi connectivity index (χ1v) is 15.6. The zero-order valence-electron chi connectivity index (χ0n) is 25.8. The van der Waals surface area contributed by atoms with Gasteiger partial charge in [-0.25, -0.2) is 4.98 Å². The number of phenols is 1. The number of hydrogen-bond acceptors (Lipinski definition) is 3. The molecule has 4 aromatic rings. The minimum Gasteiger partial charge on any atom is -0.508 e.